The minimum Gasteiger partial charge on any atom is -0.391 e. The molecule has 4 nitrogen and oxygen atoms in total. The zero-order chi connectivity index (χ0) is 20.9. The summed E-state index contributed by atoms with van der Waals surface area (Å²) in [6.45, 7) is 2.42. The molecule has 1 aliphatic heterocycles. The lowest BCUT2D eigenvalue weighted by Crippen LogP contribution is -2.36. The summed E-state index contributed by atoms with van der Waals surface area (Å²) in [4.78, 5) is 6.77. The molecule has 1 saturated carbocycles. The zero-order valence-electron chi connectivity index (χ0n) is 16.5. The van der Waals surface area contributed by atoms with E-state index >= 15 is 0 Å². The van der Waals surface area contributed by atoms with Crippen LogP contribution < -0.4 is 0 Å². The van der Waals surface area contributed by atoms with E-state index in [0.717, 1.165) is 54.7 Å². The summed E-state index contributed by atoms with van der Waals surface area (Å²) < 4.78 is 40.4. The Balaban J connectivity index is 1.28. The quantitative estimate of drug-likeness (QED) is 0.685. The van der Waals surface area contributed by atoms with Crippen LogP contribution in [0.15, 0.2) is 54.9 Å². The smallest absolute Gasteiger partial charge is 0.391 e. The van der Waals surface area contributed by atoms with Crippen LogP contribution in [0.5, 0.6) is 0 Å². The number of fused-ring (bicyclic) bond motifs is 2. The number of imidazole rings is 1. The number of halogens is 3. The Bertz CT molecular complexity index is 1030. The highest BCUT2D eigenvalue weighted by molar-refractivity contribution is 5.75. The molecule has 4 atom stereocenters. The first-order valence-electron chi connectivity index (χ1n) is 10.4. The van der Waals surface area contributed by atoms with Crippen molar-refractivity contribution in [1.82, 2.24) is 14.5 Å². The lowest BCUT2D eigenvalue weighted by Gasteiger charge is -2.36. The molecule has 1 aromatic heterocycles. The van der Waals surface area contributed by atoms with Gasteiger partial charge in [0.2, 0.25) is 0 Å². The first-order valence-corrected chi connectivity index (χ1v) is 10.4. The van der Waals surface area contributed by atoms with E-state index in [1.807, 2.05) is 30.6 Å². The molecule has 2 aliphatic rings. The minimum absolute atomic E-state index is 0.00432. The van der Waals surface area contributed by atoms with Crippen LogP contribution in [0.4, 0.5) is 13.2 Å². The number of rotatable bonds is 3. The van der Waals surface area contributed by atoms with Crippen LogP contribution >= 0.6 is 0 Å². The van der Waals surface area contributed by atoms with Crippen LogP contribution in [0.25, 0.3) is 11.0 Å². The Hall–Kier alpha value is -2.38. The standard InChI is InChI=1S/C23H24F3N3O/c24-23(25,26)18-7-5-15(6-8-18)11-28-12-16-9-21(22(30)10-17(16)13-28)29-14-27-19-3-1-2-4-20(19)29/h1-8,14,16-17,21-22,30H,9-13H2/t16-,17+,21-,22-/m1/s1. The predicted octanol–water partition coefficient (Wildman–Crippen LogP) is 4.50. The van der Waals surface area contributed by atoms with Gasteiger partial charge in [-0.05, 0) is 54.5 Å². The number of nitrogens with zero attached hydrogens (tertiary/aromatic N) is 3. The second kappa shape index (κ2) is 7.39. The number of likely N-dealkylation sites (tertiary alicyclic amines) is 1. The van der Waals surface area contributed by atoms with Crippen molar-refractivity contribution in [3.63, 3.8) is 0 Å². The van der Waals surface area contributed by atoms with Gasteiger partial charge in [-0.3, -0.25) is 4.90 Å². The average molecular weight is 415 g/mol. The maximum atomic E-state index is 12.8. The number of aromatic nitrogens is 2. The summed E-state index contributed by atoms with van der Waals surface area (Å²) in [5.41, 5.74) is 2.25. The summed E-state index contributed by atoms with van der Waals surface area (Å²) in [6.07, 6.45) is -1.27. The van der Waals surface area contributed by atoms with Crippen molar-refractivity contribution in [2.45, 2.75) is 37.7 Å². The summed E-state index contributed by atoms with van der Waals surface area (Å²) in [5.74, 6) is 0.884. The molecule has 3 aromatic rings. The van der Waals surface area contributed by atoms with Crippen molar-refractivity contribution in [1.29, 1.82) is 0 Å². The maximum absolute atomic E-state index is 12.8. The van der Waals surface area contributed by atoms with E-state index in [0.29, 0.717) is 18.4 Å². The van der Waals surface area contributed by atoms with Gasteiger partial charge in [0, 0.05) is 19.6 Å². The van der Waals surface area contributed by atoms with E-state index < -0.39 is 17.8 Å². The van der Waals surface area contributed by atoms with Gasteiger partial charge in [-0.1, -0.05) is 24.3 Å². The minimum atomic E-state index is -4.30. The van der Waals surface area contributed by atoms with Crippen molar-refractivity contribution in [2.75, 3.05) is 13.1 Å². The molecule has 0 spiro atoms. The fourth-order valence-electron chi connectivity index (χ4n) is 5.23. The van der Waals surface area contributed by atoms with Crippen molar-refractivity contribution in [3.05, 3.63) is 66.0 Å². The highest BCUT2D eigenvalue weighted by Crippen LogP contribution is 2.42. The lowest BCUT2D eigenvalue weighted by molar-refractivity contribution is -0.137. The van der Waals surface area contributed by atoms with Gasteiger partial charge in [-0.25, -0.2) is 4.98 Å². The first kappa shape index (κ1) is 19.6. The topological polar surface area (TPSA) is 41.3 Å². The van der Waals surface area contributed by atoms with E-state index in [1.54, 1.807) is 12.1 Å². The molecule has 30 heavy (non-hydrogen) atoms. The van der Waals surface area contributed by atoms with Gasteiger partial charge in [0.05, 0.1) is 35.1 Å². The molecule has 0 amide bonds. The summed E-state index contributed by atoms with van der Waals surface area (Å²) in [6, 6.07) is 13.4. The SMILES string of the molecule is O[C@@H]1C[C@H]2CN(Cc3ccc(C(F)(F)F)cc3)C[C@H]2C[C@H]1n1cnc2ccccc21. The Morgan fingerprint density at radius 3 is 2.40 bits per heavy atom. The van der Waals surface area contributed by atoms with Crippen LogP contribution in [0.2, 0.25) is 0 Å². The maximum Gasteiger partial charge on any atom is 0.416 e. The van der Waals surface area contributed by atoms with Gasteiger partial charge < -0.3 is 9.67 Å². The molecule has 0 bridgehead atoms. The van der Waals surface area contributed by atoms with Crippen molar-refractivity contribution in [2.24, 2.45) is 11.8 Å². The number of hydrogen-bond donors (Lipinski definition) is 1. The van der Waals surface area contributed by atoms with Crippen molar-refractivity contribution >= 4 is 11.0 Å². The Morgan fingerprint density at radius 1 is 0.967 bits per heavy atom. The lowest BCUT2D eigenvalue weighted by atomic mass is 9.77. The van der Waals surface area contributed by atoms with E-state index in [4.69, 9.17) is 0 Å². The van der Waals surface area contributed by atoms with Gasteiger partial charge in [0.1, 0.15) is 0 Å². The largest absolute Gasteiger partial charge is 0.416 e. The normalized spacial score (nSPS) is 27.5. The Morgan fingerprint density at radius 2 is 1.67 bits per heavy atom. The van der Waals surface area contributed by atoms with E-state index in [1.165, 1.54) is 0 Å². The van der Waals surface area contributed by atoms with Crippen LogP contribution in [-0.2, 0) is 12.7 Å². The summed E-state index contributed by atoms with van der Waals surface area (Å²) in [7, 11) is 0. The number of para-hydroxylation sites is 2. The highest BCUT2D eigenvalue weighted by Gasteiger charge is 2.42. The second-order valence-electron chi connectivity index (χ2n) is 8.66. The van der Waals surface area contributed by atoms with E-state index in [9.17, 15) is 18.3 Å². The molecule has 2 fully saturated rings. The molecule has 0 unspecified atom stereocenters. The van der Waals surface area contributed by atoms with Gasteiger partial charge in [-0.15, -0.1) is 0 Å². The highest BCUT2D eigenvalue weighted by atomic mass is 19.4. The molecule has 1 N–H and O–H groups in total. The van der Waals surface area contributed by atoms with E-state index in [2.05, 4.69) is 14.5 Å². The van der Waals surface area contributed by atoms with Gasteiger partial charge >= 0.3 is 6.18 Å². The zero-order valence-corrected chi connectivity index (χ0v) is 16.5. The number of aliphatic hydroxyl groups is 1. The van der Waals surface area contributed by atoms with Gasteiger partial charge in [0.25, 0.3) is 0 Å². The van der Waals surface area contributed by atoms with Crippen LogP contribution in [-0.4, -0.2) is 38.8 Å². The number of hydrogen-bond acceptors (Lipinski definition) is 3. The first-order chi connectivity index (χ1) is 14.4. The monoisotopic (exact) mass is 415 g/mol. The Kier molecular flexibility index (Phi) is 4.82. The van der Waals surface area contributed by atoms with Gasteiger partial charge in [0.15, 0.2) is 0 Å². The molecule has 7 heteroatoms. The summed E-state index contributed by atoms with van der Waals surface area (Å²) in [5, 5.41) is 10.9. The third kappa shape index (κ3) is 3.61. The molecule has 5 rings (SSSR count). The number of aliphatic hydroxyl groups excluding tert-OH is 1. The van der Waals surface area contributed by atoms with Crippen molar-refractivity contribution < 1.29 is 18.3 Å². The molecule has 1 aliphatic carbocycles. The fraction of sp³-hybridized carbons (Fsp3) is 0.435. The number of benzene rings is 2. The second-order valence-corrected chi connectivity index (χ2v) is 8.66. The fourth-order valence-corrected chi connectivity index (χ4v) is 5.23. The van der Waals surface area contributed by atoms with Crippen molar-refractivity contribution in [3.8, 4) is 0 Å². The molecule has 2 aromatic carbocycles. The van der Waals surface area contributed by atoms with Gasteiger partial charge in [-0.2, -0.15) is 13.2 Å². The third-order valence-electron chi connectivity index (χ3n) is 6.71. The molecular formula is C23H24F3N3O. The molecule has 0 radical (unpaired) electrons. The molecule has 1 saturated heterocycles. The Labute approximate surface area is 172 Å². The third-order valence-corrected chi connectivity index (χ3v) is 6.71. The van der Waals surface area contributed by atoms with Crippen LogP contribution in [0, 0.1) is 11.8 Å². The van der Waals surface area contributed by atoms with Crippen LogP contribution in [0.3, 0.4) is 0 Å². The van der Waals surface area contributed by atoms with Crippen LogP contribution in [0.1, 0.15) is 30.0 Å². The van der Waals surface area contributed by atoms with E-state index in [-0.39, 0.29) is 6.04 Å². The predicted molar refractivity (Wildman–Crippen MR) is 108 cm³/mol. The molecular weight excluding hydrogens is 391 g/mol. The summed E-state index contributed by atoms with van der Waals surface area (Å²) >= 11 is 0. The molecule has 2 heterocycles. The molecule has 158 valence electrons. The number of alkyl halides is 3. The average Bonchev–Trinajstić information content (AvgIpc) is 3.30.